The lowest BCUT2D eigenvalue weighted by molar-refractivity contribution is 0.0689. The molecule has 0 atom stereocenters. The predicted molar refractivity (Wildman–Crippen MR) is 98.8 cm³/mol. The van der Waals surface area contributed by atoms with Crippen LogP contribution in [0.4, 0.5) is 0 Å². The van der Waals surface area contributed by atoms with Gasteiger partial charge in [0, 0.05) is 30.6 Å². The number of piperidine rings is 1. The van der Waals surface area contributed by atoms with Gasteiger partial charge in [0.25, 0.3) is 5.91 Å². The first-order chi connectivity index (χ1) is 13.1. The van der Waals surface area contributed by atoms with Gasteiger partial charge >= 0.3 is 5.91 Å². The van der Waals surface area contributed by atoms with E-state index in [0.717, 1.165) is 67.8 Å². The Morgan fingerprint density at radius 2 is 1.96 bits per heavy atom. The monoisotopic (exact) mass is 369 g/mol. The van der Waals surface area contributed by atoms with Crippen molar-refractivity contribution in [3.05, 3.63) is 46.8 Å². The molecule has 4 rings (SSSR count). The second-order valence-electron chi connectivity index (χ2n) is 7.04. The van der Waals surface area contributed by atoms with Gasteiger partial charge in [-0.25, -0.2) is 5.43 Å². The number of hydrogen-bond donors (Lipinski definition) is 1. The zero-order valence-electron chi connectivity index (χ0n) is 15.4. The first-order valence-electron chi connectivity index (χ1n) is 9.47. The molecule has 2 aliphatic rings. The highest BCUT2D eigenvalue weighted by molar-refractivity contribution is 6.07. The molecule has 27 heavy (non-hydrogen) atoms. The van der Waals surface area contributed by atoms with E-state index in [1.54, 1.807) is 12.1 Å². The van der Waals surface area contributed by atoms with Crippen LogP contribution in [0.25, 0.3) is 0 Å². The number of hydrogen-bond acceptors (Lipinski definition) is 5. The number of amides is 2. The maximum atomic E-state index is 12.9. The quantitative estimate of drug-likeness (QED) is 0.841. The molecule has 1 saturated heterocycles. The Hall–Kier alpha value is -2.83. The molecule has 3 heterocycles. The third-order valence-electron chi connectivity index (χ3n) is 5.20. The summed E-state index contributed by atoms with van der Waals surface area (Å²) in [5.41, 5.74) is 4.96. The highest BCUT2D eigenvalue weighted by Crippen LogP contribution is 2.31. The Bertz CT molecular complexity index is 873. The minimum absolute atomic E-state index is 0.0411. The molecule has 1 aliphatic heterocycles. The zero-order chi connectivity index (χ0) is 18.8. The summed E-state index contributed by atoms with van der Waals surface area (Å²) in [6.45, 7) is 3.46. The number of nitrogens with one attached hydrogen (secondary N) is 1. The molecule has 1 fully saturated rings. The van der Waals surface area contributed by atoms with E-state index in [-0.39, 0.29) is 11.7 Å². The predicted octanol–water partition coefficient (Wildman–Crippen LogP) is 3.28. The van der Waals surface area contributed by atoms with Crippen LogP contribution in [0.5, 0.6) is 0 Å². The van der Waals surface area contributed by atoms with Crippen LogP contribution in [0.1, 0.15) is 70.1 Å². The third-order valence-corrected chi connectivity index (χ3v) is 5.20. The number of carbonyl (C=O) groups excluding carboxylic acids is 2. The lowest BCUT2D eigenvalue weighted by Gasteiger charge is -2.25. The maximum Gasteiger partial charge on any atom is 0.307 e. The van der Waals surface area contributed by atoms with Crippen LogP contribution in [0.3, 0.4) is 0 Å². The molecule has 0 aromatic carbocycles. The van der Waals surface area contributed by atoms with E-state index in [2.05, 4.69) is 10.5 Å². The average molecular weight is 369 g/mol. The SMILES string of the molecule is Cc1c(C(=O)N2CCCCC2)oc2c1/C(=N/NC(=O)c1ccco1)CCC2. The number of likely N-dealkylation sites (tertiary alicyclic amines) is 1. The summed E-state index contributed by atoms with van der Waals surface area (Å²) in [7, 11) is 0. The minimum atomic E-state index is -0.398. The molecule has 2 aromatic heterocycles. The Morgan fingerprint density at radius 1 is 1.15 bits per heavy atom. The Balaban J connectivity index is 1.58. The minimum Gasteiger partial charge on any atom is -0.459 e. The highest BCUT2D eigenvalue weighted by Gasteiger charge is 2.30. The molecule has 2 aromatic rings. The second-order valence-corrected chi connectivity index (χ2v) is 7.04. The van der Waals surface area contributed by atoms with E-state index < -0.39 is 5.91 Å². The van der Waals surface area contributed by atoms with Crippen molar-refractivity contribution in [1.82, 2.24) is 10.3 Å². The van der Waals surface area contributed by atoms with E-state index in [1.165, 1.54) is 12.7 Å². The van der Waals surface area contributed by atoms with E-state index in [1.807, 2.05) is 11.8 Å². The van der Waals surface area contributed by atoms with Gasteiger partial charge in [-0.3, -0.25) is 9.59 Å². The van der Waals surface area contributed by atoms with E-state index in [0.29, 0.717) is 5.76 Å². The molecule has 0 saturated carbocycles. The highest BCUT2D eigenvalue weighted by atomic mass is 16.4. The van der Waals surface area contributed by atoms with Crippen LogP contribution in [-0.4, -0.2) is 35.5 Å². The molecule has 7 nitrogen and oxygen atoms in total. The number of furan rings is 2. The van der Waals surface area contributed by atoms with E-state index in [9.17, 15) is 9.59 Å². The van der Waals surface area contributed by atoms with Gasteiger partial charge in [0.05, 0.1) is 12.0 Å². The van der Waals surface area contributed by atoms with Gasteiger partial charge in [-0.15, -0.1) is 0 Å². The van der Waals surface area contributed by atoms with Crippen molar-refractivity contribution >= 4 is 17.5 Å². The lowest BCUT2D eigenvalue weighted by atomic mass is 9.93. The molecule has 7 heteroatoms. The van der Waals surface area contributed by atoms with Gasteiger partial charge in [-0.2, -0.15) is 5.10 Å². The van der Waals surface area contributed by atoms with Crippen LogP contribution in [0, 0.1) is 6.92 Å². The lowest BCUT2D eigenvalue weighted by Crippen LogP contribution is -2.35. The molecule has 0 unspecified atom stereocenters. The van der Waals surface area contributed by atoms with Crippen LogP contribution in [0.15, 0.2) is 32.3 Å². The van der Waals surface area contributed by atoms with Gasteiger partial charge in [0.1, 0.15) is 5.76 Å². The first kappa shape index (κ1) is 17.6. The van der Waals surface area contributed by atoms with Crippen molar-refractivity contribution in [2.45, 2.75) is 45.4 Å². The van der Waals surface area contributed by atoms with Crippen LogP contribution in [-0.2, 0) is 6.42 Å². The fraction of sp³-hybridized carbons (Fsp3) is 0.450. The molecule has 0 radical (unpaired) electrons. The molecular formula is C20H23N3O4. The number of fused-ring (bicyclic) bond motifs is 1. The van der Waals surface area contributed by atoms with Crippen LogP contribution >= 0.6 is 0 Å². The fourth-order valence-electron chi connectivity index (χ4n) is 3.81. The largest absolute Gasteiger partial charge is 0.459 e. The molecule has 1 N–H and O–H groups in total. The van der Waals surface area contributed by atoms with Crippen molar-refractivity contribution in [2.75, 3.05) is 13.1 Å². The normalized spacial score (nSPS) is 18.4. The fourth-order valence-corrected chi connectivity index (χ4v) is 3.81. The summed E-state index contributed by atoms with van der Waals surface area (Å²) < 4.78 is 11.0. The summed E-state index contributed by atoms with van der Waals surface area (Å²) in [5, 5.41) is 4.30. The smallest absolute Gasteiger partial charge is 0.307 e. The van der Waals surface area contributed by atoms with Gasteiger partial charge in [0.2, 0.25) is 0 Å². The summed E-state index contributed by atoms with van der Waals surface area (Å²) in [6, 6.07) is 3.24. The number of aryl methyl sites for hydroxylation is 1. The van der Waals surface area contributed by atoms with Crippen LogP contribution < -0.4 is 5.43 Å². The standard InChI is InChI=1S/C20H23N3O4/c1-13-17-14(21-22-19(24)16-9-6-12-26-16)7-5-8-15(17)27-18(13)20(25)23-10-3-2-4-11-23/h6,9,12H,2-5,7-8,10-11H2,1H3,(H,22,24)/b21-14+. The topological polar surface area (TPSA) is 88.0 Å². The Kier molecular flexibility index (Phi) is 4.83. The molecule has 142 valence electrons. The van der Waals surface area contributed by atoms with Crippen molar-refractivity contribution in [2.24, 2.45) is 5.10 Å². The zero-order valence-corrected chi connectivity index (χ0v) is 15.4. The summed E-state index contributed by atoms with van der Waals surface area (Å²) in [4.78, 5) is 26.8. The maximum absolute atomic E-state index is 12.9. The van der Waals surface area contributed by atoms with Crippen molar-refractivity contribution in [3.8, 4) is 0 Å². The Labute approximate surface area is 157 Å². The molecule has 0 spiro atoms. The van der Waals surface area contributed by atoms with Crippen molar-refractivity contribution in [1.29, 1.82) is 0 Å². The van der Waals surface area contributed by atoms with Gasteiger partial charge in [-0.1, -0.05) is 0 Å². The van der Waals surface area contributed by atoms with Crippen LogP contribution in [0.2, 0.25) is 0 Å². The summed E-state index contributed by atoms with van der Waals surface area (Å²) in [5.74, 6) is 0.963. The second kappa shape index (κ2) is 7.42. The van der Waals surface area contributed by atoms with Crippen molar-refractivity contribution in [3.63, 3.8) is 0 Å². The van der Waals surface area contributed by atoms with Gasteiger partial charge in [0.15, 0.2) is 11.5 Å². The number of hydrazone groups is 1. The molecular weight excluding hydrogens is 346 g/mol. The first-order valence-corrected chi connectivity index (χ1v) is 9.47. The third kappa shape index (κ3) is 3.41. The number of carbonyl (C=O) groups is 2. The van der Waals surface area contributed by atoms with E-state index in [4.69, 9.17) is 8.83 Å². The summed E-state index contributed by atoms with van der Waals surface area (Å²) >= 11 is 0. The average Bonchev–Trinajstić information content (AvgIpc) is 3.35. The molecule has 0 bridgehead atoms. The number of rotatable bonds is 3. The van der Waals surface area contributed by atoms with Gasteiger partial charge < -0.3 is 13.7 Å². The molecule has 2 amide bonds. The summed E-state index contributed by atoms with van der Waals surface area (Å²) in [6.07, 6.45) is 7.06. The van der Waals surface area contributed by atoms with Gasteiger partial charge in [-0.05, 0) is 51.2 Å². The van der Waals surface area contributed by atoms with E-state index >= 15 is 0 Å². The Morgan fingerprint density at radius 3 is 2.70 bits per heavy atom. The molecule has 1 aliphatic carbocycles. The number of nitrogens with zero attached hydrogens (tertiary/aromatic N) is 2. The van der Waals surface area contributed by atoms with Crippen molar-refractivity contribution < 1.29 is 18.4 Å².